The number of anilines is 1. The lowest BCUT2D eigenvalue weighted by Gasteiger charge is -2.20. The molecule has 22 heavy (non-hydrogen) atoms. The van der Waals surface area contributed by atoms with Gasteiger partial charge in [-0.05, 0) is 31.4 Å². The van der Waals surface area contributed by atoms with Gasteiger partial charge in [-0.15, -0.1) is 0 Å². The highest BCUT2D eigenvalue weighted by atomic mass is 19.4. The number of rotatable bonds is 5. The Hall–Kier alpha value is -1.79. The van der Waals surface area contributed by atoms with Crippen molar-refractivity contribution in [1.82, 2.24) is 9.88 Å². The smallest absolute Gasteiger partial charge is 0.370 e. The van der Waals surface area contributed by atoms with Crippen molar-refractivity contribution in [1.29, 1.82) is 0 Å². The van der Waals surface area contributed by atoms with Crippen molar-refractivity contribution in [2.24, 2.45) is 0 Å². The minimum Gasteiger partial charge on any atom is -0.370 e. The van der Waals surface area contributed by atoms with Crippen LogP contribution in [-0.2, 0) is 11.0 Å². The Morgan fingerprint density at radius 1 is 1.27 bits per heavy atom. The highest BCUT2D eigenvalue weighted by Gasteiger charge is 2.33. The second-order valence-electron chi connectivity index (χ2n) is 5.37. The van der Waals surface area contributed by atoms with Crippen LogP contribution in [0.2, 0.25) is 0 Å². The van der Waals surface area contributed by atoms with Crippen LogP contribution in [0.3, 0.4) is 0 Å². The van der Waals surface area contributed by atoms with Crippen molar-refractivity contribution in [3.05, 3.63) is 23.9 Å². The van der Waals surface area contributed by atoms with E-state index >= 15 is 0 Å². The van der Waals surface area contributed by atoms with E-state index < -0.39 is 11.7 Å². The van der Waals surface area contributed by atoms with E-state index in [0.29, 0.717) is 25.9 Å². The van der Waals surface area contributed by atoms with Crippen LogP contribution in [-0.4, -0.2) is 35.4 Å². The van der Waals surface area contributed by atoms with E-state index in [1.54, 1.807) is 4.90 Å². The summed E-state index contributed by atoms with van der Waals surface area (Å²) in [6, 6.07) is 2.28. The fraction of sp³-hybridized carbons (Fsp3) is 0.600. The molecule has 0 spiro atoms. The van der Waals surface area contributed by atoms with Gasteiger partial charge in [0, 0.05) is 32.3 Å². The second-order valence-corrected chi connectivity index (χ2v) is 5.37. The van der Waals surface area contributed by atoms with Gasteiger partial charge in [0.2, 0.25) is 5.91 Å². The third-order valence-corrected chi connectivity index (χ3v) is 3.68. The molecule has 1 saturated heterocycles. The Kier molecular flexibility index (Phi) is 5.63. The Bertz CT molecular complexity index is 505. The maximum absolute atomic E-state index is 12.8. The zero-order chi connectivity index (χ0) is 16.0. The fourth-order valence-electron chi connectivity index (χ4n) is 2.53. The third-order valence-electron chi connectivity index (χ3n) is 3.68. The number of likely N-dealkylation sites (tertiary alicyclic amines) is 1. The average Bonchev–Trinajstić information content (AvgIpc) is 2.68. The number of pyridine rings is 1. The summed E-state index contributed by atoms with van der Waals surface area (Å²) < 4.78 is 38.4. The molecule has 0 unspecified atom stereocenters. The van der Waals surface area contributed by atoms with E-state index in [0.717, 1.165) is 31.9 Å². The quantitative estimate of drug-likeness (QED) is 0.848. The first-order chi connectivity index (χ1) is 10.5. The largest absolute Gasteiger partial charge is 0.419 e. The summed E-state index contributed by atoms with van der Waals surface area (Å²) in [4.78, 5) is 17.4. The molecule has 0 aliphatic carbocycles. The van der Waals surface area contributed by atoms with Gasteiger partial charge >= 0.3 is 6.18 Å². The number of nitrogens with zero attached hydrogens (tertiary/aromatic N) is 2. The number of carbonyl (C=O) groups is 1. The van der Waals surface area contributed by atoms with Crippen LogP contribution >= 0.6 is 0 Å². The van der Waals surface area contributed by atoms with Crippen LogP contribution in [0.15, 0.2) is 18.3 Å². The van der Waals surface area contributed by atoms with Crippen molar-refractivity contribution in [2.75, 3.05) is 25.0 Å². The lowest BCUT2D eigenvalue weighted by molar-refractivity contribution is -0.137. The summed E-state index contributed by atoms with van der Waals surface area (Å²) >= 11 is 0. The van der Waals surface area contributed by atoms with Crippen molar-refractivity contribution >= 4 is 11.7 Å². The highest BCUT2D eigenvalue weighted by Crippen LogP contribution is 2.33. The van der Waals surface area contributed by atoms with E-state index in [4.69, 9.17) is 0 Å². The number of hydrogen-bond donors (Lipinski definition) is 1. The number of aromatic nitrogens is 1. The molecule has 0 aromatic carbocycles. The summed E-state index contributed by atoms with van der Waals surface area (Å²) in [6.07, 6.45) is 1.07. The lowest BCUT2D eigenvalue weighted by atomic mass is 10.2. The van der Waals surface area contributed by atoms with Crippen molar-refractivity contribution in [3.63, 3.8) is 0 Å². The van der Waals surface area contributed by atoms with Crippen LogP contribution in [0.1, 0.15) is 37.7 Å². The maximum Gasteiger partial charge on any atom is 0.419 e. The van der Waals surface area contributed by atoms with Gasteiger partial charge in [0.1, 0.15) is 5.82 Å². The second kappa shape index (κ2) is 7.47. The number of amides is 1. The normalized spacial score (nSPS) is 16.5. The van der Waals surface area contributed by atoms with E-state index in [1.165, 1.54) is 12.3 Å². The topological polar surface area (TPSA) is 45.2 Å². The molecule has 1 aliphatic rings. The van der Waals surface area contributed by atoms with Gasteiger partial charge in [0.25, 0.3) is 0 Å². The molecule has 1 amide bonds. The van der Waals surface area contributed by atoms with Crippen LogP contribution < -0.4 is 5.32 Å². The lowest BCUT2D eigenvalue weighted by Crippen LogP contribution is -2.32. The van der Waals surface area contributed by atoms with E-state index in [2.05, 4.69) is 10.3 Å². The number of carbonyl (C=O) groups excluding carboxylic acids is 1. The summed E-state index contributed by atoms with van der Waals surface area (Å²) in [5.41, 5.74) is -0.763. The molecule has 1 N–H and O–H groups in total. The summed E-state index contributed by atoms with van der Waals surface area (Å²) in [6.45, 7) is 1.67. The van der Waals surface area contributed by atoms with Crippen LogP contribution in [0.5, 0.6) is 0 Å². The molecule has 1 aliphatic heterocycles. The monoisotopic (exact) mass is 315 g/mol. The minimum absolute atomic E-state index is 0.145. The maximum atomic E-state index is 12.8. The van der Waals surface area contributed by atoms with Crippen molar-refractivity contribution in [2.45, 2.75) is 38.3 Å². The number of alkyl halides is 3. The molecular formula is C15H20F3N3O. The van der Waals surface area contributed by atoms with Gasteiger partial charge in [-0.1, -0.05) is 6.42 Å². The first-order valence-electron chi connectivity index (χ1n) is 7.52. The molecule has 2 heterocycles. The standard InChI is InChI=1S/C15H20F3N3O/c16-15(17,18)12-6-4-8-19-14(12)20-9-5-11-21-10-3-1-2-7-13(21)22/h4,6,8H,1-3,5,7,9-11H2,(H,19,20). The van der Waals surface area contributed by atoms with Gasteiger partial charge in [-0.2, -0.15) is 13.2 Å². The summed E-state index contributed by atoms with van der Waals surface area (Å²) in [5, 5.41) is 2.72. The van der Waals surface area contributed by atoms with Gasteiger partial charge in [0.15, 0.2) is 0 Å². The van der Waals surface area contributed by atoms with E-state index in [9.17, 15) is 18.0 Å². The Labute approximate surface area is 127 Å². The van der Waals surface area contributed by atoms with Crippen molar-refractivity contribution < 1.29 is 18.0 Å². The Morgan fingerprint density at radius 2 is 2.09 bits per heavy atom. The zero-order valence-electron chi connectivity index (χ0n) is 12.3. The molecule has 0 radical (unpaired) electrons. The van der Waals surface area contributed by atoms with Crippen LogP contribution in [0, 0.1) is 0 Å². The molecule has 0 atom stereocenters. The Balaban J connectivity index is 1.83. The molecule has 0 bridgehead atoms. The Morgan fingerprint density at radius 3 is 2.86 bits per heavy atom. The van der Waals surface area contributed by atoms with Crippen LogP contribution in [0.4, 0.5) is 19.0 Å². The van der Waals surface area contributed by atoms with Gasteiger partial charge in [-0.25, -0.2) is 4.98 Å². The number of nitrogens with one attached hydrogen (secondary N) is 1. The summed E-state index contributed by atoms with van der Waals surface area (Å²) in [5.74, 6) is -0.0106. The molecule has 1 aromatic rings. The van der Waals surface area contributed by atoms with Gasteiger partial charge in [-0.3, -0.25) is 4.79 Å². The first kappa shape index (κ1) is 16.6. The first-order valence-corrected chi connectivity index (χ1v) is 7.52. The number of hydrogen-bond acceptors (Lipinski definition) is 3. The number of halogens is 3. The molecule has 2 rings (SSSR count). The zero-order valence-corrected chi connectivity index (χ0v) is 12.3. The minimum atomic E-state index is -4.42. The molecule has 0 saturated carbocycles. The average molecular weight is 315 g/mol. The molecule has 7 heteroatoms. The highest BCUT2D eigenvalue weighted by molar-refractivity contribution is 5.76. The molecule has 1 fully saturated rings. The molecule has 122 valence electrons. The summed E-state index contributed by atoms with van der Waals surface area (Å²) in [7, 11) is 0. The van der Waals surface area contributed by atoms with E-state index in [1.807, 2.05) is 0 Å². The fourth-order valence-corrected chi connectivity index (χ4v) is 2.53. The van der Waals surface area contributed by atoms with Crippen molar-refractivity contribution in [3.8, 4) is 0 Å². The molecule has 1 aromatic heterocycles. The SMILES string of the molecule is O=C1CCCCCN1CCCNc1ncccc1C(F)(F)F. The predicted octanol–water partition coefficient (Wildman–Crippen LogP) is 3.31. The van der Waals surface area contributed by atoms with Crippen LogP contribution in [0.25, 0.3) is 0 Å². The molecule has 4 nitrogen and oxygen atoms in total. The third kappa shape index (κ3) is 4.61. The van der Waals surface area contributed by atoms with E-state index in [-0.39, 0.29) is 11.7 Å². The predicted molar refractivity (Wildman–Crippen MR) is 77.4 cm³/mol. The van der Waals surface area contributed by atoms with Gasteiger partial charge < -0.3 is 10.2 Å². The molecular weight excluding hydrogens is 295 g/mol. The van der Waals surface area contributed by atoms with Gasteiger partial charge in [0.05, 0.1) is 5.56 Å².